The molecule has 6 aromatic rings. The smallest absolute Gasteiger partial charge is 0.248 e. The van der Waals surface area contributed by atoms with Crippen molar-refractivity contribution in [3.63, 3.8) is 0 Å². The molecule has 1 unspecified atom stereocenters. The van der Waals surface area contributed by atoms with Crippen LogP contribution in [0.25, 0.3) is 44.2 Å². The van der Waals surface area contributed by atoms with E-state index in [9.17, 15) is 14.7 Å². The van der Waals surface area contributed by atoms with Gasteiger partial charge >= 0.3 is 0 Å². The second-order valence-electron chi connectivity index (χ2n) is 16.3. The molecule has 4 aromatic heterocycles. The normalized spacial score (nSPS) is 17.7. The Bertz CT molecular complexity index is 2690. The number of rotatable bonds is 15. The number of hydrogen-bond donors (Lipinski definition) is 5. The third-order valence-corrected chi connectivity index (χ3v) is 12.1. The van der Waals surface area contributed by atoms with Crippen molar-refractivity contribution >= 4 is 56.7 Å². The molecule has 61 heavy (non-hydrogen) atoms. The van der Waals surface area contributed by atoms with Gasteiger partial charge in [0.1, 0.15) is 35.3 Å². The van der Waals surface area contributed by atoms with Crippen LogP contribution in [0.2, 0.25) is 0 Å². The second kappa shape index (κ2) is 16.5. The van der Waals surface area contributed by atoms with Gasteiger partial charge in [-0.15, -0.1) is 0 Å². The Kier molecular flexibility index (Phi) is 11.3. The number of carbonyl (C=O) groups is 2. The number of aromatic hydroxyl groups is 1. The van der Waals surface area contributed by atoms with Gasteiger partial charge in [0.15, 0.2) is 0 Å². The molecule has 2 fully saturated rings. The van der Waals surface area contributed by atoms with E-state index in [1.807, 2.05) is 61.5 Å². The summed E-state index contributed by atoms with van der Waals surface area (Å²) in [5.74, 6) is -0.249. The number of hydrogen-bond acceptors (Lipinski definition) is 12. The number of nitrogens with one attached hydrogen (secondary N) is 2. The summed E-state index contributed by atoms with van der Waals surface area (Å²) in [5.41, 5.74) is 20.2. The molecule has 2 aliphatic rings. The maximum atomic E-state index is 13.0. The lowest BCUT2D eigenvalue weighted by atomic mass is 9.96. The van der Waals surface area contributed by atoms with Crippen LogP contribution >= 0.6 is 0 Å². The number of aryl methyl sites for hydroxylation is 2. The summed E-state index contributed by atoms with van der Waals surface area (Å²) in [4.78, 5) is 38.3. The first-order valence-electron chi connectivity index (χ1n) is 21.0. The third kappa shape index (κ3) is 7.34. The minimum Gasteiger partial charge on any atom is -0.506 e. The van der Waals surface area contributed by atoms with Crippen LogP contribution in [-0.2, 0) is 11.3 Å². The summed E-state index contributed by atoms with van der Waals surface area (Å²) in [5, 5.41) is 24.1. The molecule has 2 atom stereocenters. The standard InChI is InChI=1S/C44H56N12O5/c1-8-53-34(19-25(3)50-53)33-12-11-29-30-20-27(39(45)58)22-35(57)37(30)55(42(29)49-33)26(4)56-38-31(32(41(56)47-7)24-48-43-44(5,6)54(9-2)51-43)21-28(40(46)59)23-36(38)61-16-10-13-52-14-17-60-18-15-52/h11-12,19-24,26,43,47,51,57H,8-10,13-18H2,1-7H3,(H2,45,58)(H2,46,59)/b48-24-/t26?,43-/m0/s1. The minimum atomic E-state index is -0.664. The topological polar surface area (TPSA) is 208 Å². The van der Waals surface area contributed by atoms with Crippen molar-refractivity contribution in [1.29, 1.82) is 0 Å². The third-order valence-electron chi connectivity index (χ3n) is 12.1. The van der Waals surface area contributed by atoms with Crippen molar-refractivity contribution in [3.05, 3.63) is 64.8 Å². The Hall–Kier alpha value is -6.01. The first kappa shape index (κ1) is 41.7. The predicted molar refractivity (Wildman–Crippen MR) is 238 cm³/mol. The van der Waals surface area contributed by atoms with E-state index in [0.29, 0.717) is 82.0 Å². The number of fused-ring (bicyclic) bond motifs is 4. The maximum absolute atomic E-state index is 13.0. The quantitative estimate of drug-likeness (QED) is 0.0701. The van der Waals surface area contributed by atoms with E-state index in [2.05, 4.69) is 51.1 Å². The molecule has 17 heteroatoms. The van der Waals surface area contributed by atoms with Crippen molar-refractivity contribution in [1.82, 2.24) is 39.2 Å². The SMILES string of the molecule is CCN1N[C@H](/N=C\c2c(NC)n(C(C)n3c4nc(-c5cc(C)nn5CC)ccc4c4cc(C(N)=O)cc(O)c43)c3c(OCCCN4CCOCC4)cc(C(N)=O)cc23)C1(C)C. The van der Waals surface area contributed by atoms with E-state index in [-0.39, 0.29) is 23.0 Å². The Morgan fingerprint density at radius 3 is 2.43 bits per heavy atom. The summed E-state index contributed by atoms with van der Waals surface area (Å²) in [7, 11) is 1.84. The molecule has 8 rings (SSSR count). The Labute approximate surface area is 354 Å². The molecule has 0 spiro atoms. The first-order chi connectivity index (χ1) is 29.3. The number of hydrazine groups is 1. The van der Waals surface area contributed by atoms with Crippen molar-refractivity contribution < 1.29 is 24.2 Å². The van der Waals surface area contributed by atoms with Crippen molar-refractivity contribution in [2.24, 2.45) is 16.5 Å². The maximum Gasteiger partial charge on any atom is 0.248 e. The number of aromatic nitrogens is 5. The highest BCUT2D eigenvalue weighted by Gasteiger charge is 2.45. The number of carbonyl (C=O) groups excluding carboxylic acids is 2. The fourth-order valence-electron chi connectivity index (χ4n) is 8.94. The summed E-state index contributed by atoms with van der Waals surface area (Å²) >= 11 is 0. The fourth-order valence-corrected chi connectivity index (χ4v) is 8.94. The van der Waals surface area contributed by atoms with Gasteiger partial charge in [0.05, 0.1) is 53.5 Å². The molecule has 2 aliphatic heterocycles. The number of anilines is 1. The molecule has 7 N–H and O–H groups in total. The van der Waals surface area contributed by atoms with E-state index >= 15 is 0 Å². The summed E-state index contributed by atoms with van der Waals surface area (Å²) in [6.45, 7) is 18.2. The van der Waals surface area contributed by atoms with Gasteiger partial charge in [-0.3, -0.25) is 24.2 Å². The number of primary amides is 2. The summed E-state index contributed by atoms with van der Waals surface area (Å²) < 4.78 is 18.2. The largest absolute Gasteiger partial charge is 0.506 e. The number of phenols is 1. The number of nitrogens with zero attached hydrogens (tertiary/aromatic N) is 8. The van der Waals surface area contributed by atoms with Gasteiger partial charge in [-0.1, -0.05) is 6.92 Å². The summed E-state index contributed by atoms with van der Waals surface area (Å²) in [6, 6.07) is 12.5. The van der Waals surface area contributed by atoms with Crippen LogP contribution < -0.4 is 26.9 Å². The zero-order valence-electron chi connectivity index (χ0n) is 36.0. The van der Waals surface area contributed by atoms with Crippen LogP contribution in [0, 0.1) is 6.92 Å². The number of benzene rings is 2. The van der Waals surface area contributed by atoms with Crippen LogP contribution in [0.15, 0.2) is 47.5 Å². The highest BCUT2D eigenvalue weighted by molar-refractivity contribution is 6.13. The molecule has 2 amide bonds. The Morgan fingerprint density at radius 2 is 1.75 bits per heavy atom. The Balaban J connectivity index is 1.37. The van der Waals surface area contributed by atoms with Crippen LogP contribution in [0.5, 0.6) is 11.5 Å². The summed E-state index contributed by atoms with van der Waals surface area (Å²) in [6.07, 6.45) is 1.75. The molecule has 322 valence electrons. The number of phenolic OH excluding ortho intramolecular Hbond substituents is 1. The average Bonchev–Trinajstić information content (AvgIpc) is 3.90. The Morgan fingerprint density at radius 1 is 1.03 bits per heavy atom. The van der Waals surface area contributed by atoms with E-state index in [1.165, 1.54) is 6.07 Å². The minimum absolute atomic E-state index is 0.134. The molecule has 2 saturated heterocycles. The van der Waals surface area contributed by atoms with E-state index in [1.54, 1.807) is 18.2 Å². The lowest BCUT2D eigenvalue weighted by Gasteiger charge is -2.53. The lowest BCUT2D eigenvalue weighted by Crippen LogP contribution is -2.74. The van der Waals surface area contributed by atoms with E-state index in [0.717, 1.165) is 49.6 Å². The first-order valence-corrected chi connectivity index (χ1v) is 21.0. The van der Waals surface area contributed by atoms with Gasteiger partial charge in [0.25, 0.3) is 0 Å². The monoisotopic (exact) mass is 832 g/mol. The highest BCUT2D eigenvalue weighted by Crippen LogP contribution is 2.44. The predicted octanol–water partition coefficient (Wildman–Crippen LogP) is 4.81. The van der Waals surface area contributed by atoms with E-state index < -0.39 is 18.0 Å². The number of aliphatic imine (C=N–C) groups is 1. The number of nitrogens with two attached hydrogens (primary N) is 2. The van der Waals surface area contributed by atoms with Crippen LogP contribution in [0.4, 0.5) is 5.82 Å². The van der Waals surface area contributed by atoms with E-state index in [4.69, 9.17) is 30.9 Å². The van der Waals surface area contributed by atoms with Gasteiger partial charge in [-0.25, -0.2) is 15.4 Å². The zero-order valence-corrected chi connectivity index (χ0v) is 36.0. The van der Waals surface area contributed by atoms with Crippen LogP contribution in [0.1, 0.15) is 79.2 Å². The van der Waals surface area contributed by atoms with Gasteiger partial charge in [-0.2, -0.15) is 5.10 Å². The fraction of sp³-hybridized carbons (Fsp3) is 0.432. The molecule has 0 saturated carbocycles. The van der Waals surface area contributed by atoms with Crippen molar-refractivity contribution in [2.75, 3.05) is 58.4 Å². The molecule has 6 heterocycles. The van der Waals surface area contributed by atoms with Crippen molar-refractivity contribution in [2.45, 2.75) is 72.4 Å². The lowest BCUT2D eigenvalue weighted by molar-refractivity contribution is -0.0863. The average molecular weight is 833 g/mol. The molecule has 0 radical (unpaired) electrons. The number of amides is 2. The van der Waals surface area contributed by atoms with Gasteiger partial charge in [0.2, 0.25) is 11.8 Å². The number of morpholine rings is 1. The molecule has 0 aliphatic carbocycles. The zero-order chi connectivity index (χ0) is 43.3. The number of likely N-dealkylation sites (N-methyl/N-ethyl adjacent to an activating group) is 1. The molecule has 2 aromatic carbocycles. The van der Waals surface area contributed by atoms with Gasteiger partial charge < -0.3 is 40.5 Å². The number of ether oxygens (including phenoxy) is 2. The molecular weight excluding hydrogens is 777 g/mol. The molecular formula is C44H56N12O5. The second-order valence-corrected chi connectivity index (χ2v) is 16.3. The van der Waals surface area contributed by atoms with Crippen molar-refractivity contribution in [3.8, 4) is 22.9 Å². The molecule has 0 bridgehead atoms. The van der Waals surface area contributed by atoms with Gasteiger partial charge in [-0.05, 0) is 83.5 Å². The van der Waals surface area contributed by atoms with Gasteiger partial charge in [0, 0.05) is 78.8 Å². The number of pyridine rings is 1. The van der Waals surface area contributed by atoms with Crippen LogP contribution in [0.3, 0.4) is 0 Å². The van der Waals surface area contributed by atoms with Crippen LogP contribution in [-0.4, -0.2) is 122 Å². The molecule has 17 nitrogen and oxygen atoms in total. The highest BCUT2D eigenvalue weighted by atomic mass is 16.5.